The highest BCUT2D eigenvalue weighted by Gasteiger charge is 2.32. The van der Waals surface area contributed by atoms with Gasteiger partial charge in [0.2, 0.25) is 0 Å². The first-order valence-corrected chi connectivity index (χ1v) is 13.4. The summed E-state index contributed by atoms with van der Waals surface area (Å²) in [5.74, 6) is 0.877. The lowest BCUT2D eigenvalue weighted by atomic mass is 9.73. The highest BCUT2D eigenvalue weighted by molar-refractivity contribution is 5.82. The first-order valence-electron chi connectivity index (χ1n) is 13.4. The minimum Gasteiger partial charge on any atom is -0.507 e. The molecule has 204 valence electrons. The molecule has 0 saturated heterocycles. The molecule has 0 heterocycles. The third-order valence-electron chi connectivity index (χ3n) is 6.35. The molecule has 0 radical (unpaired) electrons. The van der Waals surface area contributed by atoms with E-state index >= 15 is 0 Å². The Bertz CT molecular complexity index is 1120. The Hall–Kier alpha value is -2.74. The Kier molecular flexibility index (Phi) is 10.6. The fraction of sp³-hybridized carbons (Fsp3) is 0.486. The Balaban J connectivity index is 0.000000442. The quantitative estimate of drug-likeness (QED) is 0.436. The second-order valence-electron chi connectivity index (χ2n) is 13.1. The van der Waals surface area contributed by atoms with E-state index in [-0.39, 0.29) is 16.2 Å². The summed E-state index contributed by atoms with van der Waals surface area (Å²) >= 11 is 0. The molecule has 0 fully saturated rings. The number of phenolic OH excluding ortho intramolecular Hbond substituents is 2. The van der Waals surface area contributed by atoms with Crippen molar-refractivity contribution in [3.8, 4) is 11.5 Å². The maximum Gasteiger partial charge on any atom is 0.124 e. The number of allylic oxidation sites excluding steroid dienone is 3. The number of aromatic hydroxyl groups is 2. The number of benzene rings is 2. The Morgan fingerprint density at radius 1 is 0.541 bits per heavy atom. The normalized spacial score (nSPS) is 13.0. The smallest absolute Gasteiger partial charge is 0.124 e. The molecule has 0 saturated carbocycles. The number of aryl methyl sites for hydroxylation is 2. The summed E-state index contributed by atoms with van der Waals surface area (Å²) in [6.07, 6.45) is 12.6. The first-order chi connectivity index (χ1) is 16.8. The van der Waals surface area contributed by atoms with Crippen LogP contribution in [0.5, 0.6) is 11.5 Å². The average molecular weight is 505 g/mol. The molecule has 0 bridgehead atoms. The van der Waals surface area contributed by atoms with Gasteiger partial charge in [-0.1, -0.05) is 116 Å². The van der Waals surface area contributed by atoms with Gasteiger partial charge in [0.1, 0.15) is 11.5 Å². The maximum absolute atomic E-state index is 11.3. The molecule has 2 aromatic rings. The largest absolute Gasteiger partial charge is 0.507 e. The van der Waals surface area contributed by atoms with E-state index in [0.717, 1.165) is 33.4 Å². The molecule has 37 heavy (non-hydrogen) atoms. The van der Waals surface area contributed by atoms with E-state index in [4.69, 9.17) is 0 Å². The second-order valence-corrected chi connectivity index (χ2v) is 13.1. The molecule has 0 aliphatic carbocycles. The summed E-state index contributed by atoms with van der Waals surface area (Å²) in [7, 11) is 0. The van der Waals surface area contributed by atoms with Crippen molar-refractivity contribution in [3.63, 3.8) is 0 Å². The zero-order chi connectivity index (χ0) is 28.9. The third kappa shape index (κ3) is 7.87. The third-order valence-corrected chi connectivity index (χ3v) is 6.35. The molecular weight excluding hydrogens is 452 g/mol. The van der Waals surface area contributed by atoms with Crippen LogP contribution in [0.4, 0.5) is 0 Å². The Morgan fingerprint density at radius 2 is 0.919 bits per heavy atom. The highest BCUT2D eigenvalue weighted by Crippen LogP contribution is 2.46. The van der Waals surface area contributed by atoms with Crippen LogP contribution in [0, 0.1) is 13.8 Å². The molecule has 0 aliphatic rings. The van der Waals surface area contributed by atoms with Crippen LogP contribution in [-0.4, -0.2) is 10.2 Å². The van der Waals surface area contributed by atoms with Crippen LogP contribution in [0.2, 0.25) is 0 Å². The predicted molar refractivity (Wildman–Crippen MR) is 166 cm³/mol. The minimum atomic E-state index is -0.149. The van der Waals surface area contributed by atoms with Gasteiger partial charge in [0.15, 0.2) is 0 Å². The summed E-state index contributed by atoms with van der Waals surface area (Å²) in [5, 5.41) is 21.1. The van der Waals surface area contributed by atoms with Gasteiger partial charge in [-0.3, -0.25) is 0 Å². The van der Waals surface area contributed by atoms with E-state index in [2.05, 4.69) is 99.6 Å². The van der Waals surface area contributed by atoms with E-state index in [1.54, 1.807) is 0 Å². The molecule has 0 unspecified atom stereocenters. The average Bonchev–Trinajstić information content (AvgIpc) is 2.71. The second kappa shape index (κ2) is 12.2. The highest BCUT2D eigenvalue weighted by atomic mass is 16.3. The molecule has 2 aromatic carbocycles. The van der Waals surface area contributed by atoms with Crippen LogP contribution in [0.3, 0.4) is 0 Å². The number of hydrogen-bond acceptors (Lipinski definition) is 2. The van der Waals surface area contributed by atoms with Crippen molar-refractivity contribution in [2.45, 2.75) is 113 Å². The Morgan fingerprint density at radius 3 is 1.24 bits per heavy atom. The van der Waals surface area contributed by atoms with Crippen molar-refractivity contribution < 1.29 is 10.2 Å². The van der Waals surface area contributed by atoms with Crippen LogP contribution >= 0.6 is 0 Å². The molecule has 2 N–H and O–H groups in total. The van der Waals surface area contributed by atoms with Crippen LogP contribution < -0.4 is 0 Å². The van der Waals surface area contributed by atoms with Gasteiger partial charge in [-0.05, 0) is 78.7 Å². The van der Waals surface area contributed by atoms with Crippen LogP contribution in [-0.2, 0) is 16.2 Å². The van der Waals surface area contributed by atoms with Crippen LogP contribution in [0.25, 0.3) is 18.2 Å². The van der Waals surface area contributed by atoms with Crippen molar-refractivity contribution >= 4 is 18.2 Å². The van der Waals surface area contributed by atoms with Gasteiger partial charge in [0.25, 0.3) is 0 Å². The minimum absolute atomic E-state index is 0.0147. The zero-order valence-electron chi connectivity index (χ0n) is 26.0. The molecule has 0 spiro atoms. The van der Waals surface area contributed by atoms with Crippen LogP contribution in [0.15, 0.2) is 30.4 Å². The number of rotatable bonds is 3. The lowest BCUT2D eigenvalue weighted by Gasteiger charge is -2.32. The maximum atomic E-state index is 11.3. The predicted octanol–water partition coefficient (Wildman–Crippen LogP) is 10.4. The summed E-state index contributed by atoms with van der Waals surface area (Å²) in [6.45, 7) is 29.4. The van der Waals surface area contributed by atoms with Crippen molar-refractivity contribution in [3.05, 3.63) is 74.9 Å². The SMILES string of the molecule is CC=Cc1c(C=CC)c(C(C)(C)C)c(O)c(C(C)(C)C)c1C=CC.Cc1cc(C)c(O)c(C(C)(C)C)c1. The fourth-order valence-electron chi connectivity index (χ4n) is 4.87. The summed E-state index contributed by atoms with van der Waals surface area (Å²) in [6, 6.07) is 4.06. The monoisotopic (exact) mass is 504 g/mol. The topological polar surface area (TPSA) is 40.5 Å². The summed E-state index contributed by atoms with van der Waals surface area (Å²) in [5.41, 5.74) is 8.37. The van der Waals surface area contributed by atoms with Crippen molar-refractivity contribution in [1.82, 2.24) is 0 Å². The van der Waals surface area contributed by atoms with E-state index in [9.17, 15) is 10.2 Å². The van der Waals surface area contributed by atoms with Gasteiger partial charge >= 0.3 is 0 Å². The van der Waals surface area contributed by atoms with Gasteiger partial charge in [-0.2, -0.15) is 0 Å². The summed E-state index contributed by atoms with van der Waals surface area (Å²) < 4.78 is 0. The lowest BCUT2D eigenvalue weighted by Crippen LogP contribution is -2.21. The molecular formula is C35H52O2. The van der Waals surface area contributed by atoms with E-state index in [1.165, 1.54) is 11.1 Å². The molecule has 2 heteroatoms. The van der Waals surface area contributed by atoms with Gasteiger partial charge in [-0.25, -0.2) is 0 Å². The molecule has 0 aliphatic heterocycles. The van der Waals surface area contributed by atoms with Crippen LogP contribution in [0.1, 0.15) is 128 Å². The van der Waals surface area contributed by atoms with Gasteiger partial charge < -0.3 is 10.2 Å². The van der Waals surface area contributed by atoms with Gasteiger partial charge in [0.05, 0.1) is 0 Å². The molecule has 2 rings (SSSR count). The fourth-order valence-corrected chi connectivity index (χ4v) is 4.87. The van der Waals surface area contributed by atoms with Crippen molar-refractivity contribution in [2.75, 3.05) is 0 Å². The molecule has 2 nitrogen and oxygen atoms in total. The van der Waals surface area contributed by atoms with Crippen molar-refractivity contribution in [1.29, 1.82) is 0 Å². The van der Waals surface area contributed by atoms with E-state index in [1.807, 2.05) is 45.9 Å². The lowest BCUT2D eigenvalue weighted by molar-refractivity contribution is 0.422. The molecule has 0 amide bonds. The standard InChI is InChI=1S/C23H34O.C12H18O/c1-10-13-16-17(14-11-2)19(22(4,5)6)21(24)20(23(7,8)9)18(16)15-12-3;1-8-6-9(2)11(13)10(7-8)12(3,4)5/h10-15,24H,1-9H3;6-7,13H,1-5H3. The van der Waals surface area contributed by atoms with E-state index in [0.29, 0.717) is 11.5 Å². The zero-order valence-corrected chi connectivity index (χ0v) is 26.0. The molecule has 0 aromatic heterocycles. The van der Waals surface area contributed by atoms with E-state index < -0.39 is 0 Å². The number of hydrogen-bond donors (Lipinski definition) is 2. The molecule has 0 atom stereocenters. The number of phenols is 2. The van der Waals surface area contributed by atoms with Gasteiger partial charge in [-0.15, -0.1) is 0 Å². The van der Waals surface area contributed by atoms with Crippen molar-refractivity contribution in [2.24, 2.45) is 0 Å². The van der Waals surface area contributed by atoms with Gasteiger partial charge in [0, 0.05) is 11.1 Å². The summed E-state index contributed by atoms with van der Waals surface area (Å²) in [4.78, 5) is 0. The Labute approximate surface area is 227 Å². The first kappa shape index (κ1) is 32.3.